The Morgan fingerprint density at radius 2 is 2.36 bits per heavy atom. The van der Waals surface area contributed by atoms with E-state index in [1.165, 1.54) is 0 Å². The Bertz CT molecular complexity index is 722. The molecule has 1 aliphatic rings. The van der Waals surface area contributed by atoms with E-state index in [-0.39, 0.29) is 12.3 Å². The second kappa shape index (κ2) is 6.19. The SMILES string of the molecule is C#C[C@@H]1CC(=O)Nc2ccc(OCc3cccnc3)cc2O1. The lowest BCUT2D eigenvalue weighted by Crippen LogP contribution is -2.19. The molecule has 0 radical (unpaired) electrons. The zero-order valence-electron chi connectivity index (χ0n) is 11.8. The molecule has 0 fully saturated rings. The van der Waals surface area contributed by atoms with Crippen molar-refractivity contribution in [2.24, 2.45) is 0 Å². The molecule has 0 saturated carbocycles. The number of pyridine rings is 1. The molecular weight excluding hydrogens is 280 g/mol. The lowest BCUT2D eigenvalue weighted by molar-refractivity contribution is -0.116. The van der Waals surface area contributed by atoms with Crippen LogP contribution in [0.4, 0.5) is 5.69 Å². The van der Waals surface area contributed by atoms with E-state index in [1.54, 1.807) is 30.6 Å². The fraction of sp³-hybridized carbons (Fsp3) is 0.176. The number of benzene rings is 1. The maximum absolute atomic E-state index is 11.7. The fourth-order valence-corrected chi connectivity index (χ4v) is 2.10. The van der Waals surface area contributed by atoms with E-state index in [4.69, 9.17) is 15.9 Å². The van der Waals surface area contributed by atoms with E-state index in [2.05, 4.69) is 16.2 Å². The fourth-order valence-electron chi connectivity index (χ4n) is 2.10. The number of anilines is 1. The molecule has 2 heterocycles. The van der Waals surface area contributed by atoms with Crippen molar-refractivity contribution in [1.82, 2.24) is 4.98 Å². The molecule has 1 N–H and O–H groups in total. The van der Waals surface area contributed by atoms with Gasteiger partial charge in [0.25, 0.3) is 0 Å². The quantitative estimate of drug-likeness (QED) is 0.883. The van der Waals surface area contributed by atoms with Crippen molar-refractivity contribution < 1.29 is 14.3 Å². The van der Waals surface area contributed by atoms with E-state index >= 15 is 0 Å². The van der Waals surface area contributed by atoms with Crippen LogP contribution in [0.25, 0.3) is 0 Å². The number of hydrogen-bond acceptors (Lipinski definition) is 4. The van der Waals surface area contributed by atoms with Gasteiger partial charge in [-0.1, -0.05) is 12.0 Å². The Kier molecular flexibility index (Phi) is 3.92. The van der Waals surface area contributed by atoms with Gasteiger partial charge in [-0.15, -0.1) is 6.42 Å². The number of rotatable bonds is 3. The minimum Gasteiger partial charge on any atom is -0.489 e. The molecule has 0 saturated heterocycles. The van der Waals surface area contributed by atoms with Crippen molar-refractivity contribution >= 4 is 11.6 Å². The zero-order chi connectivity index (χ0) is 15.4. The molecule has 110 valence electrons. The first-order valence-corrected chi connectivity index (χ1v) is 6.83. The number of carbonyl (C=O) groups excluding carboxylic acids is 1. The Morgan fingerprint density at radius 1 is 1.45 bits per heavy atom. The zero-order valence-corrected chi connectivity index (χ0v) is 11.8. The summed E-state index contributed by atoms with van der Waals surface area (Å²) in [5, 5.41) is 2.76. The predicted octanol–water partition coefficient (Wildman–Crippen LogP) is 2.38. The summed E-state index contributed by atoms with van der Waals surface area (Å²) in [7, 11) is 0. The van der Waals surface area contributed by atoms with Crippen LogP contribution in [0.1, 0.15) is 12.0 Å². The van der Waals surface area contributed by atoms with Crippen LogP contribution in [0.2, 0.25) is 0 Å². The van der Waals surface area contributed by atoms with Gasteiger partial charge >= 0.3 is 0 Å². The molecule has 0 aliphatic carbocycles. The topological polar surface area (TPSA) is 60.5 Å². The number of nitrogens with zero attached hydrogens (tertiary/aromatic N) is 1. The van der Waals surface area contributed by atoms with E-state index in [0.717, 1.165) is 5.56 Å². The molecule has 3 rings (SSSR count). The van der Waals surface area contributed by atoms with Gasteiger partial charge in [-0.25, -0.2) is 0 Å². The van der Waals surface area contributed by atoms with Crippen LogP contribution in [0.15, 0.2) is 42.7 Å². The summed E-state index contributed by atoms with van der Waals surface area (Å²) in [5.41, 5.74) is 1.56. The molecule has 22 heavy (non-hydrogen) atoms. The van der Waals surface area contributed by atoms with Gasteiger partial charge in [0, 0.05) is 24.0 Å². The van der Waals surface area contributed by atoms with Crippen LogP contribution in [0.5, 0.6) is 11.5 Å². The highest BCUT2D eigenvalue weighted by Gasteiger charge is 2.21. The van der Waals surface area contributed by atoms with Crippen molar-refractivity contribution in [3.63, 3.8) is 0 Å². The van der Waals surface area contributed by atoms with Gasteiger partial charge in [-0.2, -0.15) is 0 Å². The normalized spacial score (nSPS) is 16.5. The van der Waals surface area contributed by atoms with Crippen LogP contribution < -0.4 is 14.8 Å². The number of fused-ring (bicyclic) bond motifs is 1. The van der Waals surface area contributed by atoms with Gasteiger partial charge in [0.15, 0.2) is 6.10 Å². The molecule has 1 atom stereocenters. The molecule has 5 heteroatoms. The van der Waals surface area contributed by atoms with Gasteiger partial charge < -0.3 is 14.8 Å². The number of hydrogen-bond donors (Lipinski definition) is 1. The second-order valence-electron chi connectivity index (χ2n) is 4.83. The monoisotopic (exact) mass is 294 g/mol. The highest BCUT2D eigenvalue weighted by atomic mass is 16.5. The van der Waals surface area contributed by atoms with Crippen LogP contribution in [0.3, 0.4) is 0 Å². The first-order chi connectivity index (χ1) is 10.7. The average Bonchev–Trinajstić information content (AvgIpc) is 2.71. The number of terminal acetylenes is 1. The maximum Gasteiger partial charge on any atom is 0.229 e. The standard InChI is InChI=1S/C17H14N2O3/c1-2-13-9-17(20)19-15-6-5-14(8-16(15)22-13)21-11-12-4-3-7-18-10-12/h1,3-8,10,13H,9,11H2,(H,19,20)/t13-/m1/s1. The van der Waals surface area contributed by atoms with Gasteiger partial charge in [-0.05, 0) is 18.2 Å². The Hall–Kier alpha value is -3.00. The maximum atomic E-state index is 11.7. The summed E-state index contributed by atoms with van der Waals surface area (Å²) in [6.45, 7) is 0.400. The Balaban J connectivity index is 1.77. The predicted molar refractivity (Wildman–Crippen MR) is 81.5 cm³/mol. The summed E-state index contributed by atoms with van der Waals surface area (Å²) >= 11 is 0. The molecule has 2 aromatic rings. The summed E-state index contributed by atoms with van der Waals surface area (Å²) in [4.78, 5) is 15.7. The molecule has 1 aromatic carbocycles. The Labute approximate surface area is 128 Å². The first-order valence-electron chi connectivity index (χ1n) is 6.83. The second-order valence-corrected chi connectivity index (χ2v) is 4.83. The van der Waals surface area contributed by atoms with Crippen LogP contribution in [-0.2, 0) is 11.4 Å². The third kappa shape index (κ3) is 3.18. The molecular formula is C17H14N2O3. The number of carbonyl (C=O) groups is 1. The third-order valence-corrected chi connectivity index (χ3v) is 3.18. The molecule has 1 aromatic heterocycles. The summed E-state index contributed by atoms with van der Waals surface area (Å²) < 4.78 is 11.4. The molecule has 0 bridgehead atoms. The average molecular weight is 294 g/mol. The third-order valence-electron chi connectivity index (χ3n) is 3.18. The van der Waals surface area contributed by atoms with E-state index < -0.39 is 6.10 Å². The number of ether oxygens (including phenoxy) is 2. The van der Waals surface area contributed by atoms with Crippen molar-refractivity contribution in [1.29, 1.82) is 0 Å². The number of aromatic nitrogens is 1. The lowest BCUT2D eigenvalue weighted by atomic mass is 10.2. The largest absolute Gasteiger partial charge is 0.489 e. The Morgan fingerprint density at radius 3 is 3.14 bits per heavy atom. The molecule has 1 aliphatic heterocycles. The number of amides is 1. The van der Waals surface area contributed by atoms with Crippen molar-refractivity contribution in [3.05, 3.63) is 48.3 Å². The van der Waals surface area contributed by atoms with Crippen molar-refractivity contribution in [3.8, 4) is 23.8 Å². The minimum absolute atomic E-state index is 0.136. The molecule has 1 amide bonds. The van der Waals surface area contributed by atoms with Gasteiger partial charge in [0.1, 0.15) is 18.1 Å². The van der Waals surface area contributed by atoms with E-state index in [9.17, 15) is 4.79 Å². The summed E-state index contributed by atoms with van der Waals surface area (Å²) in [5.74, 6) is 3.44. The molecule has 5 nitrogen and oxygen atoms in total. The molecule has 0 spiro atoms. The lowest BCUT2D eigenvalue weighted by Gasteiger charge is -2.12. The van der Waals surface area contributed by atoms with Crippen molar-refractivity contribution in [2.75, 3.05) is 5.32 Å². The minimum atomic E-state index is -0.574. The first kappa shape index (κ1) is 14.0. The van der Waals surface area contributed by atoms with Crippen LogP contribution in [0, 0.1) is 12.3 Å². The molecule has 0 unspecified atom stereocenters. The van der Waals surface area contributed by atoms with E-state index in [0.29, 0.717) is 23.8 Å². The van der Waals surface area contributed by atoms with E-state index in [1.807, 2.05) is 12.1 Å². The van der Waals surface area contributed by atoms with Gasteiger partial charge in [0.05, 0.1) is 12.1 Å². The summed E-state index contributed by atoms with van der Waals surface area (Å²) in [6.07, 6.45) is 8.39. The highest BCUT2D eigenvalue weighted by Crippen LogP contribution is 2.32. The van der Waals surface area contributed by atoms with Crippen molar-refractivity contribution in [2.45, 2.75) is 19.1 Å². The number of nitrogens with one attached hydrogen (secondary N) is 1. The summed E-state index contributed by atoms with van der Waals surface area (Å²) in [6, 6.07) is 9.02. The van der Waals surface area contributed by atoms with Crippen LogP contribution >= 0.6 is 0 Å². The highest BCUT2D eigenvalue weighted by molar-refractivity contribution is 5.93. The van der Waals surface area contributed by atoms with Gasteiger partial charge in [-0.3, -0.25) is 9.78 Å². The smallest absolute Gasteiger partial charge is 0.229 e. The van der Waals surface area contributed by atoms with Crippen LogP contribution in [-0.4, -0.2) is 17.0 Å². The van der Waals surface area contributed by atoms with Gasteiger partial charge in [0.2, 0.25) is 5.91 Å².